The van der Waals surface area contributed by atoms with Crippen LogP contribution in [0.4, 0.5) is 5.69 Å². The number of anilines is 1. The second-order valence-electron chi connectivity index (χ2n) is 10.4. The van der Waals surface area contributed by atoms with E-state index in [1.165, 1.54) is 6.42 Å². The Morgan fingerprint density at radius 1 is 1.18 bits per heavy atom. The van der Waals surface area contributed by atoms with E-state index in [9.17, 15) is 4.79 Å². The maximum absolute atomic E-state index is 13.1. The summed E-state index contributed by atoms with van der Waals surface area (Å²) in [5, 5.41) is 4.22. The molecule has 1 amide bonds. The quantitative estimate of drug-likeness (QED) is 0.436. The summed E-state index contributed by atoms with van der Waals surface area (Å²) < 4.78 is 5.54. The normalized spacial score (nSPS) is 22.8. The number of carbonyl (C=O) groups is 1. The van der Waals surface area contributed by atoms with E-state index in [1.807, 2.05) is 31.2 Å². The van der Waals surface area contributed by atoms with E-state index in [4.69, 9.17) is 32.9 Å². The fourth-order valence-corrected chi connectivity index (χ4v) is 6.23. The van der Waals surface area contributed by atoms with Crippen molar-refractivity contribution in [3.05, 3.63) is 57.8 Å². The van der Waals surface area contributed by atoms with E-state index in [0.29, 0.717) is 33.5 Å². The van der Waals surface area contributed by atoms with Crippen molar-refractivity contribution >= 4 is 51.7 Å². The molecule has 3 atom stereocenters. The Hall–Kier alpha value is -2.65. The number of nitrogens with one attached hydrogen (secondary N) is 2. The molecule has 1 aromatic heterocycles. The van der Waals surface area contributed by atoms with E-state index in [1.54, 1.807) is 12.1 Å². The topological polar surface area (TPSA) is 85.8 Å². The zero-order chi connectivity index (χ0) is 26.2. The zero-order valence-electron chi connectivity index (χ0n) is 21.4. The molecule has 2 bridgehead atoms. The molecule has 3 aromatic rings. The molecule has 10 heteroatoms. The van der Waals surface area contributed by atoms with Gasteiger partial charge in [-0.2, -0.15) is 0 Å². The molecular weight excluding hydrogens is 523 g/mol. The summed E-state index contributed by atoms with van der Waals surface area (Å²) in [4.78, 5) is 30.9. The number of rotatable bonds is 6. The first-order valence-corrected chi connectivity index (χ1v) is 14.1. The number of aliphatic imine (C=N–C) groups is 1. The number of fused-ring (bicyclic) bond motifs is 3. The van der Waals surface area contributed by atoms with Gasteiger partial charge in [-0.1, -0.05) is 23.2 Å². The van der Waals surface area contributed by atoms with Crippen LogP contribution in [-0.2, 0) is 4.74 Å². The van der Waals surface area contributed by atoms with Gasteiger partial charge in [0, 0.05) is 29.7 Å². The van der Waals surface area contributed by atoms with E-state index >= 15 is 0 Å². The smallest absolute Gasteiger partial charge is 0.251 e. The molecular formula is C28H32Cl2N6O2. The number of morpholine rings is 1. The standard InChI is InChI=1S/C28H32Cl2N6O2/c1-17(27-33-23-7-6-19(29)14-24(23)34-27)31-28(37)18-5-8-25(22(30)13-18)36-21-4-2-3-20(15-21)32-26(36)16-35-9-11-38-12-10-35/h5-8,13-14,17,20-21H,2-4,9-12,15-16H2,1H3,(H,31,37)(H,33,34). The maximum Gasteiger partial charge on any atom is 0.251 e. The molecule has 2 aliphatic heterocycles. The predicted molar refractivity (Wildman–Crippen MR) is 152 cm³/mol. The Labute approximate surface area is 232 Å². The highest BCUT2D eigenvalue weighted by molar-refractivity contribution is 6.34. The maximum atomic E-state index is 13.1. The van der Waals surface area contributed by atoms with Gasteiger partial charge in [0.05, 0.1) is 53.6 Å². The third-order valence-electron chi connectivity index (χ3n) is 7.75. The average molecular weight is 556 g/mol. The molecule has 2 fully saturated rings. The Morgan fingerprint density at radius 2 is 2.03 bits per heavy atom. The van der Waals surface area contributed by atoms with E-state index in [2.05, 4.69) is 25.1 Å². The molecule has 1 saturated heterocycles. The average Bonchev–Trinajstić information content (AvgIpc) is 3.33. The van der Waals surface area contributed by atoms with Crippen molar-refractivity contribution in [2.24, 2.45) is 4.99 Å². The summed E-state index contributed by atoms with van der Waals surface area (Å²) in [5.41, 5.74) is 3.07. The lowest BCUT2D eigenvalue weighted by atomic mass is 9.88. The lowest BCUT2D eigenvalue weighted by molar-refractivity contribution is 0.0449. The summed E-state index contributed by atoms with van der Waals surface area (Å²) in [7, 11) is 0. The fraction of sp³-hybridized carbons (Fsp3) is 0.464. The number of hydrogen-bond acceptors (Lipinski definition) is 6. The van der Waals surface area contributed by atoms with Crippen LogP contribution in [0, 0.1) is 0 Å². The van der Waals surface area contributed by atoms with Gasteiger partial charge in [-0.25, -0.2) is 4.98 Å². The van der Waals surface area contributed by atoms with Crippen LogP contribution in [0.25, 0.3) is 11.0 Å². The van der Waals surface area contributed by atoms with Gasteiger partial charge in [0.15, 0.2) is 0 Å². The van der Waals surface area contributed by atoms with Crippen LogP contribution in [0.5, 0.6) is 0 Å². The molecule has 200 valence electrons. The number of carbonyl (C=O) groups excluding carboxylic acids is 1. The first-order chi connectivity index (χ1) is 18.4. The van der Waals surface area contributed by atoms with Crippen molar-refractivity contribution in [1.82, 2.24) is 20.2 Å². The molecule has 3 unspecified atom stereocenters. The molecule has 38 heavy (non-hydrogen) atoms. The van der Waals surface area contributed by atoms with Crippen molar-refractivity contribution in [3.8, 4) is 0 Å². The number of halogens is 2. The summed E-state index contributed by atoms with van der Waals surface area (Å²) in [6.07, 6.45) is 4.49. The molecule has 3 aliphatic rings. The lowest BCUT2D eigenvalue weighted by Gasteiger charge is -2.44. The number of aromatic nitrogens is 2. The summed E-state index contributed by atoms with van der Waals surface area (Å²) in [6, 6.07) is 11.5. The highest BCUT2D eigenvalue weighted by Gasteiger charge is 2.36. The molecule has 6 rings (SSSR count). The Bertz CT molecular complexity index is 1370. The van der Waals surface area contributed by atoms with Crippen molar-refractivity contribution in [2.75, 3.05) is 37.7 Å². The van der Waals surface area contributed by atoms with E-state index in [0.717, 1.165) is 74.7 Å². The van der Waals surface area contributed by atoms with Gasteiger partial charge in [-0.3, -0.25) is 14.7 Å². The van der Waals surface area contributed by atoms with Crippen LogP contribution >= 0.6 is 23.2 Å². The number of hydrogen-bond donors (Lipinski definition) is 2. The Kier molecular flexibility index (Phi) is 7.31. The minimum atomic E-state index is -0.319. The van der Waals surface area contributed by atoms with Gasteiger partial charge in [0.25, 0.3) is 5.91 Å². The van der Waals surface area contributed by atoms with E-state index in [-0.39, 0.29) is 11.9 Å². The lowest BCUT2D eigenvalue weighted by Crippen LogP contribution is -2.53. The van der Waals surface area contributed by atoms with Crippen LogP contribution in [0.2, 0.25) is 10.0 Å². The van der Waals surface area contributed by atoms with Crippen molar-refractivity contribution in [2.45, 2.75) is 50.7 Å². The van der Waals surface area contributed by atoms with Crippen molar-refractivity contribution < 1.29 is 9.53 Å². The van der Waals surface area contributed by atoms with Crippen molar-refractivity contribution in [3.63, 3.8) is 0 Å². The van der Waals surface area contributed by atoms with Gasteiger partial charge in [-0.15, -0.1) is 0 Å². The fourth-order valence-electron chi connectivity index (χ4n) is 5.78. The number of imidazole rings is 1. The second-order valence-corrected chi connectivity index (χ2v) is 11.3. The minimum Gasteiger partial charge on any atom is -0.379 e. The number of H-pyrrole nitrogens is 1. The molecule has 1 saturated carbocycles. The summed E-state index contributed by atoms with van der Waals surface area (Å²) in [5.74, 6) is 1.54. The van der Waals surface area contributed by atoms with Gasteiger partial charge >= 0.3 is 0 Å². The molecule has 0 spiro atoms. The minimum absolute atomic E-state index is 0.206. The summed E-state index contributed by atoms with van der Waals surface area (Å²) >= 11 is 13.0. The Morgan fingerprint density at radius 3 is 2.84 bits per heavy atom. The Balaban J connectivity index is 1.21. The largest absolute Gasteiger partial charge is 0.379 e. The van der Waals surface area contributed by atoms with Gasteiger partial charge in [-0.05, 0) is 69.0 Å². The van der Waals surface area contributed by atoms with E-state index < -0.39 is 0 Å². The summed E-state index contributed by atoms with van der Waals surface area (Å²) in [6.45, 7) is 6.01. The predicted octanol–water partition coefficient (Wildman–Crippen LogP) is 5.22. The number of amides is 1. The molecule has 8 nitrogen and oxygen atoms in total. The number of nitrogens with zero attached hydrogens (tertiary/aromatic N) is 4. The highest BCUT2D eigenvalue weighted by Crippen LogP contribution is 2.37. The number of amidine groups is 1. The molecule has 1 aliphatic carbocycles. The van der Waals surface area contributed by atoms with Crippen LogP contribution in [0.15, 0.2) is 41.4 Å². The number of ether oxygens (including phenoxy) is 1. The first-order valence-electron chi connectivity index (χ1n) is 13.4. The second kappa shape index (κ2) is 10.8. The van der Waals surface area contributed by atoms with Gasteiger partial charge < -0.3 is 19.9 Å². The SMILES string of the molecule is CC(NC(=O)c1ccc(N2C(CN3CCOCC3)=NC3CCCC2C3)c(Cl)c1)c1nc2ccc(Cl)cc2[nH]1. The monoisotopic (exact) mass is 554 g/mol. The zero-order valence-corrected chi connectivity index (χ0v) is 22.9. The van der Waals surface area contributed by atoms with Crippen LogP contribution in [0.3, 0.4) is 0 Å². The molecule has 0 radical (unpaired) electrons. The third-order valence-corrected chi connectivity index (χ3v) is 8.29. The van der Waals surface area contributed by atoms with Crippen LogP contribution in [-0.4, -0.2) is 71.5 Å². The third kappa shape index (κ3) is 5.27. The highest BCUT2D eigenvalue weighted by atomic mass is 35.5. The molecule has 2 N–H and O–H groups in total. The van der Waals surface area contributed by atoms with Crippen molar-refractivity contribution in [1.29, 1.82) is 0 Å². The molecule has 2 aromatic carbocycles. The molecule has 3 heterocycles. The number of aromatic amines is 1. The van der Waals surface area contributed by atoms with Gasteiger partial charge in [0.2, 0.25) is 0 Å². The number of benzene rings is 2. The van der Waals surface area contributed by atoms with Gasteiger partial charge in [0.1, 0.15) is 11.7 Å². The van der Waals surface area contributed by atoms with Crippen LogP contribution in [0.1, 0.15) is 54.8 Å². The van der Waals surface area contributed by atoms with Crippen LogP contribution < -0.4 is 10.2 Å². The first kappa shape index (κ1) is 25.6.